The highest BCUT2D eigenvalue weighted by molar-refractivity contribution is 6.31. The summed E-state index contributed by atoms with van der Waals surface area (Å²) < 4.78 is 17.5. The Kier molecular flexibility index (Phi) is 9.60. The van der Waals surface area contributed by atoms with E-state index in [4.69, 9.17) is 25.8 Å². The summed E-state index contributed by atoms with van der Waals surface area (Å²) in [5.41, 5.74) is 3.04. The van der Waals surface area contributed by atoms with Crippen LogP contribution in [0.4, 0.5) is 5.69 Å². The van der Waals surface area contributed by atoms with Crippen molar-refractivity contribution in [3.63, 3.8) is 0 Å². The lowest BCUT2D eigenvalue weighted by Crippen LogP contribution is -2.13. The fraction of sp³-hybridized carbons (Fsp3) is 0.125. The van der Waals surface area contributed by atoms with E-state index >= 15 is 0 Å². The van der Waals surface area contributed by atoms with Crippen LogP contribution < -0.4 is 19.5 Å². The number of hydrogen-bond acceptors (Lipinski definition) is 5. The topological polar surface area (TPSA) is 80.6 Å². The molecule has 1 amide bonds. The number of nitrogens with zero attached hydrogens (tertiary/aromatic N) is 1. The Bertz CT molecular complexity index is 1480. The molecule has 0 unspecified atom stereocenters. The first-order chi connectivity index (χ1) is 19.1. The first kappa shape index (κ1) is 27.3. The number of amides is 1. The number of anilines is 1. The number of halogens is 1. The number of benzene rings is 4. The summed E-state index contributed by atoms with van der Waals surface area (Å²) in [6, 6.07) is 31.5. The Hall–Kier alpha value is -4.73. The molecule has 4 rings (SSSR count). The monoisotopic (exact) mass is 538 g/mol. The highest BCUT2D eigenvalue weighted by Crippen LogP contribution is 2.30. The third-order valence-electron chi connectivity index (χ3n) is 5.65. The molecule has 7 heteroatoms. The van der Waals surface area contributed by atoms with Crippen molar-refractivity contribution >= 4 is 29.3 Å². The Morgan fingerprint density at radius 1 is 0.872 bits per heavy atom. The second-order valence-electron chi connectivity index (χ2n) is 8.44. The number of carbonyl (C=O) groups excluding carboxylic acids is 1. The molecule has 0 aliphatic rings. The predicted octanol–water partition coefficient (Wildman–Crippen LogP) is 7.44. The van der Waals surface area contributed by atoms with Crippen LogP contribution in [-0.2, 0) is 18.0 Å². The van der Waals surface area contributed by atoms with Crippen molar-refractivity contribution in [2.24, 2.45) is 0 Å². The van der Waals surface area contributed by atoms with Crippen molar-refractivity contribution in [1.82, 2.24) is 0 Å². The molecule has 0 saturated carbocycles. The SMILES string of the molecule is CCOc1cc(/C=C(\C#N)C(=O)Nc2ccc(OCc3ccccc3Cl)cc2)ccc1OCc1ccccc1. The Morgan fingerprint density at radius 2 is 1.62 bits per heavy atom. The quantitative estimate of drug-likeness (QED) is 0.158. The van der Waals surface area contributed by atoms with Crippen molar-refractivity contribution < 1.29 is 19.0 Å². The summed E-state index contributed by atoms with van der Waals surface area (Å²) in [5, 5.41) is 13.0. The van der Waals surface area contributed by atoms with Crippen LogP contribution in [0.1, 0.15) is 23.6 Å². The number of ether oxygens (including phenoxy) is 3. The second kappa shape index (κ2) is 13.7. The summed E-state index contributed by atoms with van der Waals surface area (Å²) in [7, 11) is 0. The van der Waals surface area contributed by atoms with Crippen molar-refractivity contribution in [3.05, 3.63) is 124 Å². The van der Waals surface area contributed by atoms with Gasteiger partial charge in [0.25, 0.3) is 5.91 Å². The van der Waals surface area contributed by atoms with Gasteiger partial charge in [-0.05, 0) is 66.6 Å². The van der Waals surface area contributed by atoms with Crippen molar-refractivity contribution in [1.29, 1.82) is 5.26 Å². The number of rotatable bonds is 11. The van der Waals surface area contributed by atoms with E-state index in [1.54, 1.807) is 42.5 Å². The van der Waals surface area contributed by atoms with Crippen molar-refractivity contribution in [2.75, 3.05) is 11.9 Å². The lowest BCUT2D eigenvalue weighted by molar-refractivity contribution is -0.112. The van der Waals surface area contributed by atoms with Gasteiger partial charge in [-0.1, -0.05) is 66.2 Å². The first-order valence-electron chi connectivity index (χ1n) is 12.4. The highest BCUT2D eigenvalue weighted by atomic mass is 35.5. The minimum absolute atomic E-state index is 0.0468. The zero-order valence-electron chi connectivity index (χ0n) is 21.4. The molecule has 0 saturated heterocycles. The van der Waals surface area contributed by atoms with Crippen molar-refractivity contribution in [3.8, 4) is 23.3 Å². The molecule has 0 aromatic heterocycles. The lowest BCUT2D eigenvalue weighted by Gasteiger charge is -2.13. The Morgan fingerprint density at radius 3 is 2.33 bits per heavy atom. The molecule has 196 valence electrons. The molecule has 4 aromatic carbocycles. The van der Waals surface area contributed by atoms with Crippen LogP contribution in [0, 0.1) is 11.3 Å². The van der Waals surface area contributed by atoms with Gasteiger partial charge in [0.2, 0.25) is 0 Å². The van der Waals surface area contributed by atoms with E-state index in [-0.39, 0.29) is 5.57 Å². The molecule has 0 radical (unpaired) electrons. The van der Waals surface area contributed by atoms with Crippen LogP contribution in [-0.4, -0.2) is 12.5 Å². The van der Waals surface area contributed by atoms with Crippen LogP contribution in [0.5, 0.6) is 17.2 Å². The molecule has 6 nitrogen and oxygen atoms in total. The van der Waals surface area contributed by atoms with Gasteiger partial charge < -0.3 is 19.5 Å². The summed E-state index contributed by atoms with van der Waals surface area (Å²) in [5.74, 6) is 1.22. The number of hydrogen-bond donors (Lipinski definition) is 1. The van der Waals surface area contributed by atoms with E-state index in [0.717, 1.165) is 11.1 Å². The van der Waals surface area contributed by atoms with Gasteiger partial charge in [-0.3, -0.25) is 4.79 Å². The molecule has 0 fully saturated rings. The summed E-state index contributed by atoms with van der Waals surface area (Å²) >= 11 is 6.17. The zero-order chi connectivity index (χ0) is 27.5. The molecule has 0 aliphatic carbocycles. The van der Waals surface area contributed by atoms with E-state index in [0.29, 0.717) is 53.3 Å². The normalized spacial score (nSPS) is 10.8. The van der Waals surface area contributed by atoms with Gasteiger partial charge in [0.05, 0.1) is 6.61 Å². The molecule has 39 heavy (non-hydrogen) atoms. The molecular formula is C32H27ClN2O4. The molecular weight excluding hydrogens is 512 g/mol. The molecule has 0 heterocycles. The maximum Gasteiger partial charge on any atom is 0.266 e. The van der Waals surface area contributed by atoms with E-state index in [1.807, 2.05) is 67.6 Å². The van der Waals surface area contributed by atoms with Gasteiger partial charge in [0.1, 0.15) is 30.6 Å². The molecule has 0 bridgehead atoms. The molecule has 1 N–H and O–H groups in total. The summed E-state index contributed by atoms with van der Waals surface area (Å²) in [6.07, 6.45) is 1.51. The molecule has 0 aliphatic heterocycles. The number of carbonyl (C=O) groups is 1. The highest BCUT2D eigenvalue weighted by Gasteiger charge is 2.12. The van der Waals surface area contributed by atoms with Gasteiger partial charge in [-0.2, -0.15) is 5.26 Å². The van der Waals surface area contributed by atoms with Crippen LogP contribution in [0.15, 0.2) is 103 Å². The minimum atomic E-state index is -0.524. The lowest BCUT2D eigenvalue weighted by atomic mass is 10.1. The fourth-order valence-electron chi connectivity index (χ4n) is 3.66. The van der Waals surface area contributed by atoms with Gasteiger partial charge in [-0.15, -0.1) is 0 Å². The number of nitrogens with one attached hydrogen (secondary N) is 1. The van der Waals surface area contributed by atoms with E-state index in [2.05, 4.69) is 5.32 Å². The Labute approximate surface area is 233 Å². The second-order valence-corrected chi connectivity index (χ2v) is 8.85. The zero-order valence-corrected chi connectivity index (χ0v) is 22.2. The standard InChI is InChI=1S/C32H27ClN2O4/c1-2-37-31-19-24(12-17-30(31)39-21-23-8-4-3-5-9-23)18-26(20-34)32(36)35-27-13-15-28(16-14-27)38-22-25-10-6-7-11-29(25)33/h3-19H,2,21-22H2,1H3,(H,35,36)/b26-18+. The van der Waals surface area contributed by atoms with Crippen molar-refractivity contribution in [2.45, 2.75) is 20.1 Å². The maximum atomic E-state index is 12.8. The van der Waals surface area contributed by atoms with E-state index in [1.165, 1.54) is 6.08 Å². The fourth-order valence-corrected chi connectivity index (χ4v) is 3.85. The number of nitriles is 1. The van der Waals surface area contributed by atoms with Gasteiger partial charge in [0.15, 0.2) is 11.5 Å². The maximum absolute atomic E-state index is 12.8. The molecule has 0 spiro atoms. The van der Waals surface area contributed by atoms with E-state index < -0.39 is 5.91 Å². The Balaban J connectivity index is 1.40. The summed E-state index contributed by atoms with van der Waals surface area (Å²) in [4.78, 5) is 12.8. The predicted molar refractivity (Wildman–Crippen MR) is 153 cm³/mol. The average molecular weight is 539 g/mol. The van der Waals surface area contributed by atoms with Crippen LogP contribution in [0.3, 0.4) is 0 Å². The molecule has 0 atom stereocenters. The smallest absolute Gasteiger partial charge is 0.266 e. The van der Waals surface area contributed by atoms with Gasteiger partial charge in [0, 0.05) is 16.3 Å². The van der Waals surface area contributed by atoms with Gasteiger partial charge >= 0.3 is 0 Å². The van der Waals surface area contributed by atoms with Crippen LogP contribution >= 0.6 is 11.6 Å². The average Bonchev–Trinajstić information content (AvgIpc) is 2.96. The third kappa shape index (κ3) is 7.88. The largest absolute Gasteiger partial charge is 0.490 e. The minimum Gasteiger partial charge on any atom is -0.490 e. The molecule has 4 aromatic rings. The summed E-state index contributed by atoms with van der Waals surface area (Å²) in [6.45, 7) is 3.04. The van der Waals surface area contributed by atoms with Crippen LogP contribution in [0.2, 0.25) is 5.02 Å². The van der Waals surface area contributed by atoms with Crippen LogP contribution in [0.25, 0.3) is 6.08 Å². The van der Waals surface area contributed by atoms with Gasteiger partial charge in [-0.25, -0.2) is 0 Å². The first-order valence-corrected chi connectivity index (χ1v) is 12.8. The van der Waals surface area contributed by atoms with E-state index in [9.17, 15) is 10.1 Å². The third-order valence-corrected chi connectivity index (χ3v) is 6.01.